The number of carbonyl (C=O) groups is 2. The molecule has 0 spiro atoms. The minimum atomic E-state index is -1.09. The number of hydrogen-bond donors (Lipinski definition) is 2. The highest BCUT2D eigenvalue weighted by Crippen LogP contribution is 2.13. The van der Waals surface area contributed by atoms with Crippen LogP contribution in [0.1, 0.15) is 12.0 Å². The lowest BCUT2D eigenvalue weighted by Crippen LogP contribution is -2.40. The molecule has 0 aliphatic rings. The van der Waals surface area contributed by atoms with Crippen LogP contribution in [0, 0.1) is 0 Å². The van der Waals surface area contributed by atoms with Crippen LogP contribution in [0.25, 0.3) is 6.08 Å². The molecular formula is C15H19NO5. The van der Waals surface area contributed by atoms with Crippen LogP contribution in [0.15, 0.2) is 30.3 Å². The van der Waals surface area contributed by atoms with Gasteiger partial charge in [-0.3, -0.25) is 4.79 Å². The first-order chi connectivity index (χ1) is 10.1. The molecule has 0 fully saturated rings. The highest BCUT2D eigenvalue weighted by atomic mass is 16.5. The smallest absolute Gasteiger partial charge is 0.326 e. The van der Waals surface area contributed by atoms with Crippen molar-refractivity contribution in [2.24, 2.45) is 0 Å². The molecule has 0 aliphatic heterocycles. The topological polar surface area (TPSA) is 84.9 Å². The molecule has 21 heavy (non-hydrogen) atoms. The number of rotatable bonds is 8. The highest BCUT2D eigenvalue weighted by Gasteiger charge is 2.18. The molecule has 0 radical (unpaired) electrons. The summed E-state index contributed by atoms with van der Waals surface area (Å²) in [5, 5.41) is 11.4. The van der Waals surface area contributed by atoms with Crippen molar-refractivity contribution in [2.75, 3.05) is 20.8 Å². The van der Waals surface area contributed by atoms with E-state index in [9.17, 15) is 9.59 Å². The molecule has 1 atom stereocenters. The maximum Gasteiger partial charge on any atom is 0.326 e. The van der Waals surface area contributed by atoms with Crippen LogP contribution in [0.4, 0.5) is 0 Å². The zero-order valence-electron chi connectivity index (χ0n) is 12.0. The fourth-order valence-corrected chi connectivity index (χ4v) is 1.63. The number of carboxylic acids is 1. The van der Waals surface area contributed by atoms with E-state index in [1.807, 2.05) is 6.07 Å². The molecule has 0 aliphatic carbocycles. The van der Waals surface area contributed by atoms with E-state index in [2.05, 4.69) is 5.32 Å². The number of carboxylic acid groups (broad SMARTS) is 1. The quantitative estimate of drug-likeness (QED) is 0.706. The van der Waals surface area contributed by atoms with Crippen molar-refractivity contribution in [1.29, 1.82) is 0 Å². The molecule has 6 heteroatoms. The van der Waals surface area contributed by atoms with Crippen molar-refractivity contribution >= 4 is 18.0 Å². The molecule has 2 N–H and O–H groups in total. The molecule has 0 saturated carbocycles. The standard InChI is InChI=1S/C15H19NO5/c1-20-9-8-13(15(18)19)16-14(17)7-6-11-4-3-5-12(10-11)21-2/h3-7,10,13H,8-9H2,1-2H3,(H,16,17)(H,18,19). The Kier molecular flexibility index (Phi) is 6.97. The SMILES string of the molecule is COCCC(NC(=O)C=Cc1cccc(OC)c1)C(=O)O. The minimum absolute atomic E-state index is 0.213. The number of benzene rings is 1. The van der Waals surface area contributed by atoms with Crippen LogP contribution in [0.2, 0.25) is 0 Å². The Morgan fingerprint density at radius 3 is 2.76 bits per heavy atom. The van der Waals surface area contributed by atoms with E-state index in [0.29, 0.717) is 5.75 Å². The van der Waals surface area contributed by atoms with Gasteiger partial charge >= 0.3 is 5.97 Å². The molecule has 6 nitrogen and oxygen atoms in total. The first kappa shape index (κ1) is 16.7. The van der Waals surface area contributed by atoms with Crippen molar-refractivity contribution in [3.8, 4) is 5.75 Å². The maximum atomic E-state index is 11.7. The number of hydrogen-bond acceptors (Lipinski definition) is 4. The van der Waals surface area contributed by atoms with Gasteiger partial charge in [0.15, 0.2) is 0 Å². The Hall–Kier alpha value is -2.34. The van der Waals surface area contributed by atoms with Gasteiger partial charge < -0.3 is 19.9 Å². The highest BCUT2D eigenvalue weighted by molar-refractivity contribution is 5.94. The predicted molar refractivity (Wildman–Crippen MR) is 78.1 cm³/mol. The average molecular weight is 293 g/mol. The zero-order valence-corrected chi connectivity index (χ0v) is 12.0. The third kappa shape index (κ3) is 6.09. The Morgan fingerprint density at radius 1 is 1.38 bits per heavy atom. The first-order valence-electron chi connectivity index (χ1n) is 6.41. The van der Waals surface area contributed by atoms with Gasteiger partial charge in [-0.15, -0.1) is 0 Å². The summed E-state index contributed by atoms with van der Waals surface area (Å²) in [6.07, 6.45) is 3.09. The first-order valence-corrected chi connectivity index (χ1v) is 6.41. The van der Waals surface area contributed by atoms with Crippen molar-refractivity contribution in [2.45, 2.75) is 12.5 Å². The molecule has 1 amide bonds. The summed E-state index contributed by atoms with van der Waals surface area (Å²) < 4.78 is 9.89. The third-order valence-corrected chi connectivity index (χ3v) is 2.75. The largest absolute Gasteiger partial charge is 0.497 e. The van der Waals surface area contributed by atoms with Crippen LogP contribution in [-0.4, -0.2) is 43.9 Å². The maximum absolute atomic E-state index is 11.7. The summed E-state index contributed by atoms with van der Waals surface area (Å²) in [4.78, 5) is 22.7. The van der Waals surface area contributed by atoms with Crippen LogP contribution in [0.3, 0.4) is 0 Å². The molecule has 0 saturated heterocycles. The number of aliphatic carboxylic acids is 1. The second-order valence-electron chi connectivity index (χ2n) is 4.29. The lowest BCUT2D eigenvalue weighted by molar-refractivity contribution is -0.141. The van der Waals surface area contributed by atoms with Crippen molar-refractivity contribution in [1.82, 2.24) is 5.32 Å². The Bertz CT molecular complexity index is 513. The summed E-state index contributed by atoms with van der Waals surface area (Å²) in [5.74, 6) is -0.877. The number of amides is 1. The minimum Gasteiger partial charge on any atom is -0.497 e. The molecule has 1 aromatic carbocycles. The van der Waals surface area contributed by atoms with Gasteiger partial charge in [0, 0.05) is 26.2 Å². The van der Waals surface area contributed by atoms with E-state index in [0.717, 1.165) is 5.56 Å². The van der Waals surface area contributed by atoms with Gasteiger partial charge in [0.25, 0.3) is 0 Å². The predicted octanol–water partition coefficient (Wildman–Crippen LogP) is 1.31. The lowest BCUT2D eigenvalue weighted by atomic mass is 10.2. The number of ether oxygens (including phenoxy) is 2. The van der Waals surface area contributed by atoms with E-state index < -0.39 is 17.9 Å². The fourth-order valence-electron chi connectivity index (χ4n) is 1.63. The van der Waals surface area contributed by atoms with E-state index in [1.165, 1.54) is 13.2 Å². The molecule has 1 aromatic rings. The van der Waals surface area contributed by atoms with Crippen LogP contribution >= 0.6 is 0 Å². The third-order valence-electron chi connectivity index (χ3n) is 2.75. The molecule has 1 rings (SSSR count). The molecule has 0 aromatic heterocycles. The molecule has 0 heterocycles. The Labute approximate surface area is 123 Å². The lowest BCUT2D eigenvalue weighted by Gasteiger charge is -2.12. The van der Waals surface area contributed by atoms with E-state index in [4.69, 9.17) is 14.6 Å². The molecule has 1 unspecified atom stereocenters. The van der Waals surface area contributed by atoms with Gasteiger partial charge in [-0.05, 0) is 23.8 Å². The van der Waals surface area contributed by atoms with Gasteiger partial charge in [0.2, 0.25) is 5.91 Å². The zero-order chi connectivity index (χ0) is 15.7. The van der Waals surface area contributed by atoms with E-state index in [1.54, 1.807) is 31.4 Å². The Morgan fingerprint density at radius 2 is 2.14 bits per heavy atom. The van der Waals surface area contributed by atoms with E-state index in [-0.39, 0.29) is 13.0 Å². The number of nitrogens with one attached hydrogen (secondary N) is 1. The molecule has 114 valence electrons. The van der Waals surface area contributed by atoms with E-state index >= 15 is 0 Å². The average Bonchev–Trinajstić information content (AvgIpc) is 2.49. The normalized spacial score (nSPS) is 12.1. The van der Waals surface area contributed by atoms with Gasteiger partial charge in [-0.1, -0.05) is 12.1 Å². The summed E-state index contributed by atoms with van der Waals surface area (Å²) in [5.41, 5.74) is 0.785. The summed E-state index contributed by atoms with van der Waals surface area (Å²) in [6.45, 7) is 0.261. The molecule has 0 bridgehead atoms. The van der Waals surface area contributed by atoms with Crippen molar-refractivity contribution in [3.63, 3.8) is 0 Å². The van der Waals surface area contributed by atoms with Crippen LogP contribution in [0.5, 0.6) is 5.75 Å². The van der Waals surface area contributed by atoms with Crippen molar-refractivity contribution < 1.29 is 24.2 Å². The summed E-state index contributed by atoms with van der Waals surface area (Å²) in [6, 6.07) is 6.21. The van der Waals surface area contributed by atoms with Gasteiger partial charge in [0.05, 0.1) is 7.11 Å². The monoisotopic (exact) mass is 293 g/mol. The molecular weight excluding hydrogens is 274 g/mol. The summed E-state index contributed by atoms with van der Waals surface area (Å²) in [7, 11) is 3.03. The van der Waals surface area contributed by atoms with Gasteiger partial charge in [-0.25, -0.2) is 4.79 Å². The Balaban J connectivity index is 2.62. The second-order valence-corrected chi connectivity index (χ2v) is 4.29. The number of carbonyl (C=O) groups excluding carboxylic acids is 1. The van der Waals surface area contributed by atoms with Crippen LogP contribution < -0.4 is 10.1 Å². The second kappa shape index (κ2) is 8.76. The number of methoxy groups -OCH3 is 2. The van der Waals surface area contributed by atoms with Crippen molar-refractivity contribution in [3.05, 3.63) is 35.9 Å². The fraction of sp³-hybridized carbons (Fsp3) is 0.333. The van der Waals surface area contributed by atoms with Crippen LogP contribution in [-0.2, 0) is 14.3 Å². The van der Waals surface area contributed by atoms with Gasteiger partial charge in [-0.2, -0.15) is 0 Å². The van der Waals surface area contributed by atoms with Gasteiger partial charge in [0.1, 0.15) is 11.8 Å². The summed E-state index contributed by atoms with van der Waals surface area (Å²) >= 11 is 0.